The van der Waals surface area contributed by atoms with Gasteiger partial charge in [0.1, 0.15) is 0 Å². The van der Waals surface area contributed by atoms with Crippen LogP contribution in [0.5, 0.6) is 0 Å². The van der Waals surface area contributed by atoms with E-state index in [1.807, 2.05) is 0 Å². The van der Waals surface area contributed by atoms with Gasteiger partial charge in [-0.1, -0.05) is 13.8 Å². The van der Waals surface area contributed by atoms with E-state index < -0.39 is 5.97 Å². The van der Waals surface area contributed by atoms with E-state index in [1.54, 1.807) is 0 Å². The molecule has 1 fully saturated rings. The van der Waals surface area contributed by atoms with Gasteiger partial charge in [0.2, 0.25) is 0 Å². The van der Waals surface area contributed by atoms with Gasteiger partial charge < -0.3 is 5.11 Å². The molecule has 17 heavy (non-hydrogen) atoms. The quantitative estimate of drug-likeness (QED) is 0.745. The first kappa shape index (κ1) is 14.5. The lowest BCUT2D eigenvalue weighted by molar-refractivity contribution is -0.137. The van der Waals surface area contributed by atoms with Crippen LogP contribution in [0.2, 0.25) is 0 Å². The first-order valence-corrected chi connectivity index (χ1v) is 6.89. The molecule has 1 N–H and O–H groups in total. The second-order valence-electron chi connectivity index (χ2n) is 5.96. The number of carboxylic acid groups (broad SMARTS) is 1. The van der Waals surface area contributed by atoms with E-state index in [9.17, 15) is 4.79 Å². The van der Waals surface area contributed by atoms with Crippen LogP contribution in [0.1, 0.15) is 53.4 Å². The number of carbonyl (C=O) groups is 1. The van der Waals surface area contributed by atoms with Crippen molar-refractivity contribution in [1.82, 2.24) is 4.90 Å². The van der Waals surface area contributed by atoms with Crippen molar-refractivity contribution < 1.29 is 9.90 Å². The fourth-order valence-corrected chi connectivity index (χ4v) is 2.72. The lowest BCUT2D eigenvalue weighted by Crippen LogP contribution is -2.49. The molecule has 1 aliphatic carbocycles. The van der Waals surface area contributed by atoms with Gasteiger partial charge in [0.05, 0.1) is 0 Å². The van der Waals surface area contributed by atoms with E-state index in [-0.39, 0.29) is 0 Å². The molecular formula is C14H27NO2. The second kappa shape index (κ2) is 6.39. The highest BCUT2D eigenvalue weighted by molar-refractivity contribution is 5.66. The molecule has 0 spiro atoms. The van der Waals surface area contributed by atoms with Crippen molar-refractivity contribution in [3.63, 3.8) is 0 Å². The molecule has 0 unspecified atom stereocenters. The van der Waals surface area contributed by atoms with Gasteiger partial charge in [0, 0.05) is 18.5 Å². The van der Waals surface area contributed by atoms with E-state index >= 15 is 0 Å². The molecule has 0 aromatic carbocycles. The Morgan fingerprint density at radius 3 is 2.29 bits per heavy atom. The van der Waals surface area contributed by atoms with Gasteiger partial charge in [0.25, 0.3) is 0 Å². The summed E-state index contributed by atoms with van der Waals surface area (Å²) in [6.07, 6.45) is 3.66. The van der Waals surface area contributed by atoms with Crippen molar-refractivity contribution in [3.05, 3.63) is 0 Å². The SMILES string of the molecule is CC(C)C1CC(N(CCCC(=O)O)C(C)C)C1. The van der Waals surface area contributed by atoms with Crippen LogP contribution in [0.4, 0.5) is 0 Å². The first-order valence-electron chi connectivity index (χ1n) is 6.89. The maximum Gasteiger partial charge on any atom is 0.303 e. The smallest absolute Gasteiger partial charge is 0.303 e. The largest absolute Gasteiger partial charge is 0.481 e. The predicted octanol–water partition coefficient (Wildman–Crippen LogP) is 3.00. The zero-order valence-corrected chi connectivity index (χ0v) is 11.6. The van der Waals surface area contributed by atoms with Crippen LogP contribution in [-0.2, 0) is 4.79 Å². The van der Waals surface area contributed by atoms with Crippen molar-refractivity contribution in [2.75, 3.05) is 6.54 Å². The summed E-state index contributed by atoms with van der Waals surface area (Å²) in [7, 11) is 0. The van der Waals surface area contributed by atoms with Crippen LogP contribution < -0.4 is 0 Å². The summed E-state index contributed by atoms with van der Waals surface area (Å²) < 4.78 is 0. The van der Waals surface area contributed by atoms with E-state index in [2.05, 4.69) is 32.6 Å². The fourth-order valence-electron chi connectivity index (χ4n) is 2.72. The van der Waals surface area contributed by atoms with Crippen LogP contribution in [0.15, 0.2) is 0 Å². The Labute approximate surface area is 105 Å². The zero-order chi connectivity index (χ0) is 13.0. The molecule has 100 valence electrons. The molecule has 0 heterocycles. The molecule has 0 amide bonds. The normalized spacial score (nSPS) is 24.4. The number of nitrogens with zero attached hydrogens (tertiary/aromatic N) is 1. The first-order chi connectivity index (χ1) is 7.91. The average molecular weight is 241 g/mol. The predicted molar refractivity (Wildman–Crippen MR) is 70.1 cm³/mol. The number of hydrogen-bond donors (Lipinski definition) is 1. The van der Waals surface area contributed by atoms with E-state index in [0.29, 0.717) is 18.5 Å². The third kappa shape index (κ3) is 4.30. The third-order valence-corrected chi connectivity index (χ3v) is 4.03. The number of aliphatic carboxylic acids is 1. The minimum Gasteiger partial charge on any atom is -0.481 e. The molecular weight excluding hydrogens is 214 g/mol. The van der Waals surface area contributed by atoms with E-state index in [1.165, 1.54) is 12.8 Å². The molecule has 0 bridgehead atoms. The zero-order valence-electron chi connectivity index (χ0n) is 11.6. The molecule has 0 aliphatic heterocycles. The molecule has 0 saturated heterocycles. The topological polar surface area (TPSA) is 40.5 Å². The average Bonchev–Trinajstić information content (AvgIpc) is 2.11. The standard InChI is InChI=1S/C14H27NO2/c1-10(2)12-8-13(9-12)15(11(3)4)7-5-6-14(16)17/h10-13H,5-9H2,1-4H3,(H,16,17). The minimum atomic E-state index is -0.678. The number of rotatable bonds is 7. The van der Waals surface area contributed by atoms with Gasteiger partial charge >= 0.3 is 5.97 Å². The van der Waals surface area contributed by atoms with E-state index in [4.69, 9.17) is 5.11 Å². The van der Waals surface area contributed by atoms with Crippen molar-refractivity contribution in [3.8, 4) is 0 Å². The van der Waals surface area contributed by atoms with Gasteiger partial charge in [0.15, 0.2) is 0 Å². The molecule has 3 nitrogen and oxygen atoms in total. The van der Waals surface area contributed by atoms with E-state index in [0.717, 1.165) is 24.8 Å². The molecule has 0 atom stereocenters. The van der Waals surface area contributed by atoms with Crippen LogP contribution in [0, 0.1) is 11.8 Å². The molecule has 0 aromatic rings. The fraction of sp³-hybridized carbons (Fsp3) is 0.929. The molecule has 1 aliphatic rings. The highest BCUT2D eigenvalue weighted by Crippen LogP contribution is 2.37. The lowest BCUT2D eigenvalue weighted by atomic mass is 9.72. The monoisotopic (exact) mass is 241 g/mol. The highest BCUT2D eigenvalue weighted by atomic mass is 16.4. The van der Waals surface area contributed by atoms with Gasteiger partial charge in [-0.3, -0.25) is 9.69 Å². The van der Waals surface area contributed by atoms with Gasteiger partial charge in [-0.15, -0.1) is 0 Å². The number of carboxylic acids is 1. The summed E-state index contributed by atoms with van der Waals surface area (Å²) >= 11 is 0. The molecule has 1 saturated carbocycles. The van der Waals surface area contributed by atoms with Crippen molar-refractivity contribution >= 4 is 5.97 Å². The van der Waals surface area contributed by atoms with Crippen LogP contribution in [-0.4, -0.2) is 34.6 Å². The summed E-state index contributed by atoms with van der Waals surface area (Å²) in [6, 6.07) is 1.22. The number of hydrogen-bond acceptors (Lipinski definition) is 2. The summed E-state index contributed by atoms with van der Waals surface area (Å²) in [5.41, 5.74) is 0. The van der Waals surface area contributed by atoms with Crippen LogP contribution >= 0.6 is 0 Å². The van der Waals surface area contributed by atoms with Crippen molar-refractivity contribution in [2.24, 2.45) is 11.8 Å². The summed E-state index contributed by atoms with van der Waals surface area (Å²) in [5.74, 6) is 0.988. The van der Waals surface area contributed by atoms with Crippen molar-refractivity contribution in [2.45, 2.75) is 65.5 Å². The van der Waals surface area contributed by atoms with Crippen LogP contribution in [0.25, 0.3) is 0 Å². The summed E-state index contributed by atoms with van der Waals surface area (Å²) in [5, 5.41) is 8.67. The Morgan fingerprint density at radius 1 is 1.29 bits per heavy atom. The Bertz CT molecular complexity index is 245. The Morgan fingerprint density at radius 2 is 1.88 bits per heavy atom. The Hall–Kier alpha value is -0.570. The van der Waals surface area contributed by atoms with Crippen LogP contribution in [0.3, 0.4) is 0 Å². The minimum absolute atomic E-state index is 0.295. The van der Waals surface area contributed by atoms with Crippen molar-refractivity contribution in [1.29, 1.82) is 0 Å². The third-order valence-electron chi connectivity index (χ3n) is 4.03. The summed E-state index contributed by atoms with van der Waals surface area (Å²) in [6.45, 7) is 9.95. The Kier molecular flexibility index (Phi) is 5.44. The summed E-state index contributed by atoms with van der Waals surface area (Å²) in [4.78, 5) is 13.0. The van der Waals surface area contributed by atoms with Gasteiger partial charge in [-0.25, -0.2) is 0 Å². The molecule has 0 radical (unpaired) electrons. The lowest BCUT2D eigenvalue weighted by Gasteiger charge is -2.46. The highest BCUT2D eigenvalue weighted by Gasteiger charge is 2.35. The Balaban J connectivity index is 2.33. The maximum atomic E-state index is 10.5. The molecule has 1 rings (SSSR count). The van der Waals surface area contributed by atoms with Gasteiger partial charge in [-0.2, -0.15) is 0 Å². The second-order valence-corrected chi connectivity index (χ2v) is 5.96. The maximum absolute atomic E-state index is 10.5. The van der Waals surface area contributed by atoms with Gasteiger partial charge in [-0.05, 0) is 51.5 Å². The molecule has 0 aromatic heterocycles. The molecule has 3 heteroatoms.